The van der Waals surface area contributed by atoms with Gasteiger partial charge in [-0.2, -0.15) is 11.1 Å². The fourth-order valence-corrected chi connectivity index (χ4v) is 24.9. The van der Waals surface area contributed by atoms with Crippen LogP contribution in [0.1, 0.15) is 116 Å². The molecule has 14 heteroatoms. The van der Waals surface area contributed by atoms with E-state index in [2.05, 4.69) is 244 Å². The van der Waals surface area contributed by atoms with E-state index in [1.807, 2.05) is 48.3 Å². The molecule has 0 spiro atoms. The van der Waals surface area contributed by atoms with Gasteiger partial charge in [-0.1, -0.05) is 252 Å². The Morgan fingerprint density at radius 3 is 1.01 bits per heavy atom. The molecule has 0 radical (unpaired) electrons. The van der Waals surface area contributed by atoms with Gasteiger partial charge in [0, 0.05) is 63.9 Å². The van der Waals surface area contributed by atoms with Crippen molar-refractivity contribution in [3.05, 3.63) is 230 Å². The smallest absolute Gasteiger partial charge is 0.261 e. The molecule has 2 N–H and O–H groups in total. The second-order valence-corrected chi connectivity index (χ2v) is 40.0. The molecule has 0 atom stereocenters. The minimum atomic E-state index is -2.64. The van der Waals surface area contributed by atoms with Gasteiger partial charge in [0.15, 0.2) is 12.6 Å². The summed E-state index contributed by atoms with van der Waals surface area (Å²) in [5, 5.41) is 25.2. The van der Waals surface area contributed by atoms with Crippen LogP contribution >= 0.6 is 11.1 Å². The molecule has 0 heterocycles. The lowest BCUT2D eigenvalue weighted by atomic mass is 10.2. The molecule has 0 aliphatic rings. The second kappa shape index (κ2) is 35.8. The van der Waals surface area contributed by atoms with E-state index in [0.717, 1.165) is 43.2 Å². The molecule has 91 heavy (non-hydrogen) atoms. The van der Waals surface area contributed by atoms with Crippen molar-refractivity contribution in [2.75, 3.05) is 76.6 Å². The van der Waals surface area contributed by atoms with Crippen LogP contribution in [0.4, 0.5) is 11.4 Å². The number of unbranched alkanes of at least 4 members (excludes halogenated alkanes) is 2. The van der Waals surface area contributed by atoms with E-state index in [9.17, 15) is 9.59 Å². The fraction of sp³-hybridized carbons (Fsp3) is 0.351. The zero-order valence-electron chi connectivity index (χ0n) is 55.0. The van der Waals surface area contributed by atoms with Crippen molar-refractivity contribution in [1.82, 2.24) is 0 Å². The Morgan fingerprint density at radius 2 is 0.703 bits per heavy atom. The lowest BCUT2D eigenvalue weighted by molar-refractivity contribution is 0.111. The first-order valence-electron chi connectivity index (χ1n) is 31.5. The Labute approximate surface area is 553 Å². The van der Waals surface area contributed by atoms with Crippen molar-refractivity contribution in [3.8, 4) is 11.5 Å². The first-order valence-corrected chi connectivity index (χ1v) is 38.3. The number of likely N-dealkylation sites (N-methyl/N-ethyl adjacent to an activating group) is 2. The number of ether oxygens (including phenoxy) is 2. The Hall–Kier alpha value is -6.92. The number of benzene rings is 8. The standard InChI is InChI=1S/C46H57NO4Si2.C16H19ClSi.C14H21NO4.CH4/c1-45(2,3)52(40-22-12-8-13-23-40,41-24-14-9-15-25-41)50-34-21-20-33-49-44-36-39(31-30-38(44)37-48)47(7)32-35-51-53(46(4,5)6,42-26-16-10-17-27-42)43-28-18-11-19-29-43;1-16(2,3)18(17,14-10-6-4-7-11-14)15-12-8-5-9-13-15;1-15(6-8-17)13-5-4-12(11-18)14(10-13)19-9-3-2-7-16;/h8-19,22-31,36-37H,20-21,32-35H2,1-7H3;4-13H,1-3H3;4-5,10-11,16-17H,2-3,6-9H2,1H3;1H4. The fourth-order valence-electron chi connectivity index (χ4n) is 11.6. The van der Waals surface area contributed by atoms with Crippen molar-refractivity contribution in [1.29, 1.82) is 0 Å². The van der Waals surface area contributed by atoms with Gasteiger partial charge in [0.25, 0.3) is 16.6 Å². The summed E-state index contributed by atoms with van der Waals surface area (Å²) in [6.45, 7) is 24.1. The van der Waals surface area contributed by atoms with Crippen LogP contribution < -0.4 is 50.4 Å². The minimum Gasteiger partial charge on any atom is -0.493 e. The molecule has 0 amide bonds. The summed E-state index contributed by atoms with van der Waals surface area (Å²) in [4.78, 5) is 27.0. The van der Waals surface area contributed by atoms with Crippen LogP contribution in [0.5, 0.6) is 11.5 Å². The number of carbonyl (C=O) groups excluding carboxylic acids is 2. The Morgan fingerprint density at radius 1 is 0.396 bits per heavy atom. The lowest BCUT2D eigenvalue weighted by Gasteiger charge is -2.43. The number of nitrogens with zero attached hydrogens (tertiary/aromatic N) is 2. The first kappa shape index (κ1) is 74.8. The van der Waals surface area contributed by atoms with Gasteiger partial charge in [0.2, 0.25) is 7.38 Å². The Balaban J connectivity index is 0.000000320. The lowest BCUT2D eigenvalue weighted by Crippen LogP contribution is -2.67. The van der Waals surface area contributed by atoms with E-state index in [0.29, 0.717) is 68.6 Å². The van der Waals surface area contributed by atoms with Crippen LogP contribution in [0.3, 0.4) is 0 Å². The molecular weight excluding hydrogens is 1200 g/mol. The maximum Gasteiger partial charge on any atom is 0.261 e. The van der Waals surface area contributed by atoms with Gasteiger partial charge in [0.1, 0.15) is 11.5 Å². The summed E-state index contributed by atoms with van der Waals surface area (Å²) in [7, 11) is -3.52. The molecule has 0 unspecified atom stereocenters. The molecule has 0 saturated carbocycles. The molecule has 0 aliphatic heterocycles. The van der Waals surface area contributed by atoms with Gasteiger partial charge >= 0.3 is 0 Å². The van der Waals surface area contributed by atoms with Gasteiger partial charge in [-0.25, -0.2) is 0 Å². The summed E-state index contributed by atoms with van der Waals surface area (Å²) >= 11 is 7.21. The number of aldehydes is 2. The number of anilines is 2. The summed E-state index contributed by atoms with van der Waals surface area (Å²) in [6, 6.07) is 75.1. The van der Waals surface area contributed by atoms with Crippen molar-refractivity contribution in [2.45, 2.75) is 111 Å². The van der Waals surface area contributed by atoms with Crippen molar-refractivity contribution in [2.24, 2.45) is 0 Å². The van der Waals surface area contributed by atoms with E-state index in [1.54, 1.807) is 12.1 Å². The highest BCUT2D eigenvalue weighted by Crippen LogP contribution is 2.40. The number of carbonyl (C=O) groups is 2. The van der Waals surface area contributed by atoms with Gasteiger partial charge in [0.05, 0.1) is 37.6 Å². The molecule has 8 aromatic carbocycles. The third-order valence-corrected chi connectivity index (χ3v) is 33.9. The maximum atomic E-state index is 12.0. The largest absolute Gasteiger partial charge is 0.493 e. The maximum absolute atomic E-state index is 12.0. The first-order chi connectivity index (χ1) is 43.1. The quantitative estimate of drug-likeness (QED) is 0.0212. The molecule has 0 aliphatic carbocycles. The Bertz CT molecular complexity index is 3250. The highest BCUT2D eigenvalue weighted by molar-refractivity contribution is 7.35. The van der Waals surface area contributed by atoms with Crippen LogP contribution in [0, 0.1) is 0 Å². The zero-order valence-corrected chi connectivity index (χ0v) is 58.8. The van der Waals surface area contributed by atoms with Gasteiger partial charge in [-0.15, -0.1) is 0 Å². The molecule has 0 aromatic heterocycles. The minimum absolute atomic E-state index is 0. The summed E-state index contributed by atoms with van der Waals surface area (Å²) in [6.07, 6.45) is 4.71. The molecule has 8 rings (SSSR count). The number of halogens is 1. The number of hydrogen-bond donors (Lipinski definition) is 2. The van der Waals surface area contributed by atoms with E-state index in [1.165, 1.54) is 31.1 Å². The topological polar surface area (TPSA) is 118 Å². The molecule has 0 bridgehead atoms. The predicted octanol–water partition coefficient (Wildman–Crippen LogP) is 13.7. The van der Waals surface area contributed by atoms with E-state index >= 15 is 0 Å². The third-order valence-electron chi connectivity index (χ3n) is 16.4. The summed E-state index contributed by atoms with van der Waals surface area (Å²) in [5.41, 5.74) is 2.92. The number of aliphatic hydroxyl groups is 2. The van der Waals surface area contributed by atoms with Crippen LogP contribution in [-0.4, -0.2) is 114 Å². The predicted molar refractivity (Wildman–Crippen MR) is 391 cm³/mol. The molecule has 0 fully saturated rings. The molecule has 10 nitrogen and oxygen atoms in total. The van der Waals surface area contributed by atoms with Crippen molar-refractivity contribution < 1.29 is 38.1 Å². The average molecular weight is 1300 g/mol. The number of rotatable bonds is 28. The summed E-state index contributed by atoms with van der Waals surface area (Å²) < 4.78 is 26.0. The van der Waals surface area contributed by atoms with Gasteiger partial charge < -0.3 is 38.3 Å². The summed E-state index contributed by atoms with van der Waals surface area (Å²) in [5.74, 6) is 1.14. The van der Waals surface area contributed by atoms with E-state index in [4.69, 9.17) is 39.6 Å². The number of aliphatic hydroxyl groups excluding tert-OH is 2. The highest BCUT2D eigenvalue weighted by atomic mass is 35.6. The molecular formula is C77H101ClN2O8Si3. The third kappa shape index (κ3) is 19.3. The second-order valence-electron chi connectivity index (χ2n) is 25.7. The molecule has 486 valence electrons. The van der Waals surface area contributed by atoms with E-state index < -0.39 is 24.0 Å². The zero-order chi connectivity index (χ0) is 65.3. The SMILES string of the molecule is C.CC(C)(C)[Si](Cl)(c1ccccc1)c1ccccc1.CN(CCO)c1ccc(C=O)c(OCCCCO)c1.CN(CCO[Si](c1ccccc1)(c1ccccc1)C(C)(C)C)c1ccc(C=O)c(OCCCCO[Si](c2ccccc2)(c2ccccc2)C(C)(C)C)c1. The Kier molecular flexibility index (Phi) is 29.4. The average Bonchev–Trinajstić information content (AvgIpc) is 0.834. The molecule has 8 aromatic rings. The van der Waals surface area contributed by atoms with Gasteiger partial charge in [-0.3, -0.25) is 9.59 Å². The monoisotopic (exact) mass is 1300 g/mol. The van der Waals surface area contributed by atoms with Crippen LogP contribution in [-0.2, 0) is 8.85 Å². The van der Waals surface area contributed by atoms with Crippen molar-refractivity contribution in [3.63, 3.8) is 0 Å². The van der Waals surface area contributed by atoms with Crippen LogP contribution in [0.15, 0.2) is 218 Å². The van der Waals surface area contributed by atoms with Crippen molar-refractivity contribution >= 4 is 90.2 Å². The van der Waals surface area contributed by atoms with E-state index in [-0.39, 0.29) is 35.8 Å². The van der Waals surface area contributed by atoms with Crippen LogP contribution in [0.25, 0.3) is 0 Å². The normalized spacial score (nSPS) is 11.8. The number of hydrogen-bond acceptors (Lipinski definition) is 10. The highest BCUT2D eigenvalue weighted by Gasteiger charge is 2.51. The molecule has 0 saturated heterocycles. The van der Waals surface area contributed by atoms with Crippen LogP contribution in [0.2, 0.25) is 15.1 Å². The van der Waals surface area contributed by atoms with Gasteiger partial charge in [-0.05, 0) is 96.2 Å².